The quantitative estimate of drug-likeness (QED) is 0.137. The zero-order valence-corrected chi connectivity index (χ0v) is 44.3. The molecule has 3 heterocycles. The van der Waals surface area contributed by atoms with E-state index in [1.165, 1.54) is 98.8 Å². The summed E-state index contributed by atoms with van der Waals surface area (Å²) in [7, 11) is 0. The summed E-state index contributed by atoms with van der Waals surface area (Å²) in [5, 5.41) is 7.47. The molecule has 0 unspecified atom stereocenters. The van der Waals surface area contributed by atoms with Gasteiger partial charge in [0.05, 0.1) is 33.1 Å². The topological polar surface area (TPSA) is 14.8 Å². The van der Waals surface area contributed by atoms with Crippen molar-refractivity contribution in [2.24, 2.45) is 0 Å². The van der Waals surface area contributed by atoms with Gasteiger partial charge in [0.15, 0.2) is 0 Å². The Morgan fingerprint density at radius 3 is 0.642 bits per heavy atom. The van der Waals surface area contributed by atoms with Crippen LogP contribution >= 0.6 is 0 Å². The molecular formula is C78H51N3. The summed E-state index contributed by atoms with van der Waals surface area (Å²) < 4.78 is 7.27. The van der Waals surface area contributed by atoms with Crippen LogP contribution in [0.5, 0.6) is 0 Å². The van der Waals surface area contributed by atoms with Gasteiger partial charge < -0.3 is 13.7 Å². The van der Waals surface area contributed by atoms with Gasteiger partial charge in [0.1, 0.15) is 0 Å². The molecule has 0 aliphatic carbocycles. The lowest BCUT2D eigenvalue weighted by atomic mass is 9.93. The molecular weight excluding hydrogens is 979 g/mol. The van der Waals surface area contributed by atoms with Gasteiger partial charge in [-0.2, -0.15) is 0 Å². The zero-order chi connectivity index (χ0) is 53.4. The van der Waals surface area contributed by atoms with Crippen molar-refractivity contribution in [3.8, 4) is 83.8 Å². The smallest absolute Gasteiger partial charge is 0.0547 e. The predicted octanol–water partition coefficient (Wildman–Crippen LogP) is 21.0. The Labute approximate surface area is 469 Å². The fourth-order valence-electron chi connectivity index (χ4n) is 12.7. The predicted molar refractivity (Wildman–Crippen MR) is 342 cm³/mol. The molecule has 0 aliphatic rings. The molecule has 16 aromatic rings. The number of hydrogen-bond acceptors (Lipinski definition) is 0. The van der Waals surface area contributed by atoms with Gasteiger partial charge in [0.2, 0.25) is 0 Å². The lowest BCUT2D eigenvalue weighted by Gasteiger charge is -2.15. The fourth-order valence-corrected chi connectivity index (χ4v) is 12.7. The highest BCUT2D eigenvalue weighted by molar-refractivity contribution is 6.12. The van der Waals surface area contributed by atoms with E-state index in [2.05, 4.69) is 323 Å². The first-order chi connectivity index (χ1) is 40.1. The molecule has 0 fully saturated rings. The van der Waals surface area contributed by atoms with Crippen LogP contribution in [-0.2, 0) is 0 Å². The second-order valence-electron chi connectivity index (χ2n) is 21.3. The van der Waals surface area contributed by atoms with Crippen LogP contribution in [0.15, 0.2) is 309 Å². The lowest BCUT2D eigenvalue weighted by Crippen LogP contribution is -1.95. The average molecular weight is 1030 g/mol. The van der Waals surface area contributed by atoms with Crippen molar-refractivity contribution in [2.45, 2.75) is 0 Å². The summed E-state index contributed by atoms with van der Waals surface area (Å²) >= 11 is 0. The molecule has 0 saturated carbocycles. The number of aromatic nitrogens is 3. The zero-order valence-electron chi connectivity index (χ0n) is 44.3. The van der Waals surface area contributed by atoms with Crippen molar-refractivity contribution in [3.05, 3.63) is 309 Å². The Kier molecular flexibility index (Phi) is 10.9. The minimum atomic E-state index is 1.12. The van der Waals surface area contributed by atoms with Gasteiger partial charge in [-0.25, -0.2) is 0 Å². The first-order valence-electron chi connectivity index (χ1n) is 27.9. The molecule has 3 aromatic heterocycles. The van der Waals surface area contributed by atoms with Gasteiger partial charge in [-0.05, 0) is 158 Å². The van der Waals surface area contributed by atoms with E-state index in [1.54, 1.807) is 0 Å². The number of hydrogen-bond donors (Lipinski definition) is 0. The van der Waals surface area contributed by atoms with Gasteiger partial charge in [-0.1, -0.05) is 218 Å². The molecule has 0 saturated heterocycles. The summed E-state index contributed by atoms with van der Waals surface area (Å²) in [5.74, 6) is 0. The maximum Gasteiger partial charge on any atom is 0.0547 e. The van der Waals surface area contributed by atoms with Crippen LogP contribution in [0.2, 0.25) is 0 Å². The summed E-state index contributed by atoms with van der Waals surface area (Å²) in [6.45, 7) is 0. The maximum atomic E-state index is 2.42. The van der Waals surface area contributed by atoms with Crippen molar-refractivity contribution in [2.75, 3.05) is 0 Å². The lowest BCUT2D eigenvalue weighted by molar-refractivity contribution is 1.18. The molecule has 0 radical (unpaired) electrons. The van der Waals surface area contributed by atoms with E-state index in [0.717, 1.165) is 50.4 Å². The minimum Gasteiger partial charge on any atom is -0.309 e. The van der Waals surface area contributed by atoms with E-state index in [9.17, 15) is 0 Å². The number of fused-ring (bicyclic) bond motifs is 9. The minimum absolute atomic E-state index is 1.12. The van der Waals surface area contributed by atoms with Crippen LogP contribution in [-0.4, -0.2) is 13.7 Å². The number of benzene rings is 13. The molecule has 0 amide bonds. The molecule has 81 heavy (non-hydrogen) atoms. The van der Waals surface area contributed by atoms with Crippen molar-refractivity contribution in [1.82, 2.24) is 13.7 Å². The largest absolute Gasteiger partial charge is 0.309 e. The number of nitrogens with zero attached hydrogens (tertiary/aromatic N) is 3. The molecule has 13 aromatic carbocycles. The SMILES string of the molecule is c1ccc(-c2ccc3c4ccccc4n(-c4ccc(-c5cc(-c6ccc(-n7c8ccccc8c8ccc(-c9ccccc9)cc87)cc6)cc(-c6ccc(-n7c8ccccc8c8ccc(-c9ccccc9)cc87)cc6)c5)cc4)c3c2)cc1. The summed E-state index contributed by atoms with van der Waals surface area (Å²) in [5.41, 5.74) is 24.7. The van der Waals surface area contributed by atoms with Crippen molar-refractivity contribution in [3.63, 3.8) is 0 Å². The van der Waals surface area contributed by atoms with Crippen molar-refractivity contribution >= 4 is 65.4 Å². The fraction of sp³-hybridized carbons (Fsp3) is 0. The maximum absolute atomic E-state index is 2.42. The van der Waals surface area contributed by atoms with Crippen LogP contribution in [0, 0.1) is 0 Å². The summed E-state index contributed by atoms with van der Waals surface area (Å²) in [4.78, 5) is 0. The first kappa shape index (κ1) is 46.4. The first-order valence-corrected chi connectivity index (χ1v) is 27.9. The van der Waals surface area contributed by atoms with Crippen LogP contribution < -0.4 is 0 Å². The third-order valence-electron chi connectivity index (χ3n) is 16.7. The Morgan fingerprint density at radius 1 is 0.136 bits per heavy atom. The van der Waals surface area contributed by atoms with Crippen molar-refractivity contribution in [1.29, 1.82) is 0 Å². The number of para-hydroxylation sites is 3. The highest BCUT2D eigenvalue weighted by atomic mass is 15.0. The Bertz CT molecular complexity index is 4520. The molecule has 3 heteroatoms. The van der Waals surface area contributed by atoms with Crippen LogP contribution in [0.1, 0.15) is 0 Å². The molecule has 3 nitrogen and oxygen atoms in total. The van der Waals surface area contributed by atoms with Crippen LogP contribution in [0.3, 0.4) is 0 Å². The highest BCUT2D eigenvalue weighted by Gasteiger charge is 2.18. The van der Waals surface area contributed by atoms with Crippen LogP contribution in [0.25, 0.3) is 149 Å². The van der Waals surface area contributed by atoms with E-state index in [0.29, 0.717) is 0 Å². The normalized spacial score (nSPS) is 11.7. The highest BCUT2D eigenvalue weighted by Crippen LogP contribution is 2.41. The van der Waals surface area contributed by atoms with E-state index in [4.69, 9.17) is 0 Å². The second kappa shape index (κ2) is 19.0. The summed E-state index contributed by atoms with van der Waals surface area (Å²) in [6.07, 6.45) is 0. The van der Waals surface area contributed by atoms with E-state index < -0.39 is 0 Å². The van der Waals surface area contributed by atoms with E-state index >= 15 is 0 Å². The Morgan fingerprint density at radius 2 is 0.358 bits per heavy atom. The van der Waals surface area contributed by atoms with Crippen LogP contribution in [0.4, 0.5) is 0 Å². The third kappa shape index (κ3) is 7.89. The second-order valence-corrected chi connectivity index (χ2v) is 21.3. The summed E-state index contributed by atoms with van der Waals surface area (Å²) in [6, 6.07) is 114. The average Bonchev–Trinajstić information content (AvgIpc) is 4.25. The molecule has 0 bridgehead atoms. The van der Waals surface area contributed by atoms with E-state index in [1.807, 2.05) is 0 Å². The van der Waals surface area contributed by atoms with Gasteiger partial charge in [-0.3, -0.25) is 0 Å². The van der Waals surface area contributed by atoms with E-state index in [-0.39, 0.29) is 0 Å². The standard InChI is InChI=1S/C78H51N3/c1-4-16-52(17-5-1)58-34-43-70-67-22-10-13-25-73(67)79(76(70)49-58)64-37-28-55(29-38-64)61-46-62(56-30-39-65(40-31-56)80-74-26-14-11-23-68(74)71-44-35-59(50-77(71)80)53-18-6-2-7-19-53)48-63(47-61)57-32-41-66(42-33-57)81-75-27-15-12-24-69(75)72-45-36-60(51-78(72)81)54-20-8-3-9-21-54/h1-51H. The van der Waals surface area contributed by atoms with Gasteiger partial charge in [0.25, 0.3) is 0 Å². The van der Waals surface area contributed by atoms with Crippen molar-refractivity contribution < 1.29 is 0 Å². The molecule has 378 valence electrons. The van der Waals surface area contributed by atoms with Gasteiger partial charge in [0, 0.05) is 49.4 Å². The Hall–Kier alpha value is -10.7. The molecule has 16 rings (SSSR count). The van der Waals surface area contributed by atoms with Gasteiger partial charge >= 0.3 is 0 Å². The monoisotopic (exact) mass is 1030 g/mol. The van der Waals surface area contributed by atoms with Gasteiger partial charge in [-0.15, -0.1) is 0 Å². The third-order valence-corrected chi connectivity index (χ3v) is 16.7. The molecule has 0 spiro atoms. The molecule has 0 atom stereocenters. The molecule has 0 aliphatic heterocycles. The Balaban J connectivity index is 0.821. The molecule has 0 N–H and O–H groups in total. The number of rotatable bonds is 9.